The van der Waals surface area contributed by atoms with Crippen LogP contribution < -0.4 is 4.90 Å². The average molecular weight is 364 g/mol. The molecular formula is C22H28N4O. The number of rotatable bonds is 2. The van der Waals surface area contributed by atoms with Crippen LogP contribution in [0.5, 0.6) is 0 Å². The van der Waals surface area contributed by atoms with Crippen LogP contribution in [-0.2, 0) is 17.8 Å². The van der Waals surface area contributed by atoms with Crippen molar-refractivity contribution in [3.63, 3.8) is 0 Å². The monoisotopic (exact) mass is 364 g/mol. The summed E-state index contributed by atoms with van der Waals surface area (Å²) in [6.45, 7) is 8.61. The van der Waals surface area contributed by atoms with Gasteiger partial charge in [-0.15, -0.1) is 5.10 Å². The van der Waals surface area contributed by atoms with E-state index >= 15 is 0 Å². The Morgan fingerprint density at radius 3 is 2.33 bits per heavy atom. The lowest BCUT2D eigenvalue weighted by atomic mass is 9.72. The molecule has 1 aromatic carbocycles. The molecule has 1 spiro atoms. The van der Waals surface area contributed by atoms with Gasteiger partial charge in [0.05, 0.1) is 11.1 Å². The number of piperidine rings is 1. The highest BCUT2D eigenvalue weighted by Gasteiger charge is 2.46. The fourth-order valence-corrected chi connectivity index (χ4v) is 4.42. The minimum absolute atomic E-state index is 0.210. The first-order valence-electron chi connectivity index (χ1n) is 9.92. The van der Waals surface area contributed by atoms with Crippen LogP contribution >= 0.6 is 0 Å². The van der Waals surface area contributed by atoms with E-state index in [2.05, 4.69) is 58.1 Å². The number of hydrogen-bond acceptors (Lipinski definition) is 4. The van der Waals surface area contributed by atoms with Crippen molar-refractivity contribution in [1.82, 2.24) is 15.1 Å². The van der Waals surface area contributed by atoms with Crippen molar-refractivity contribution < 1.29 is 4.79 Å². The number of aryl methyl sites for hydroxylation is 1. The highest BCUT2D eigenvalue weighted by molar-refractivity contribution is 5.84. The Kier molecular flexibility index (Phi) is 4.62. The van der Waals surface area contributed by atoms with E-state index in [9.17, 15) is 4.79 Å². The van der Waals surface area contributed by atoms with Gasteiger partial charge < -0.3 is 9.80 Å². The first-order chi connectivity index (χ1) is 13.0. The second-order valence-electron chi connectivity index (χ2n) is 8.27. The lowest BCUT2D eigenvalue weighted by Crippen LogP contribution is -2.51. The van der Waals surface area contributed by atoms with E-state index < -0.39 is 0 Å². The number of carbonyl (C=O) groups excluding carboxylic acids is 1. The topological polar surface area (TPSA) is 49.3 Å². The maximum atomic E-state index is 13.6. The van der Waals surface area contributed by atoms with Gasteiger partial charge in [-0.3, -0.25) is 4.79 Å². The van der Waals surface area contributed by atoms with Crippen molar-refractivity contribution >= 4 is 11.7 Å². The summed E-state index contributed by atoms with van der Waals surface area (Å²) in [6.07, 6.45) is 2.57. The van der Waals surface area contributed by atoms with Gasteiger partial charge in [0.1, 0.15) is 0 Å². The number of aromatic nitrogens is 2. The lowest BCUT2D eigenvalue weighted by Gasteiger charge is -2.43. The zero-order valence-corrected chi connectivity index (χ0v) is 16.5. The number of fused-ring (bicyclic) bond motifs is 1. The van der Waals surface area contributed by atoms with Crippen LogP contribution in [0.2, 0.25) is 0 Å². The van der Waals surface area contributed by atoms with E-state index in [1.165, 1.54) is 11.1 Å². The van der Waals surface area contributed by atoms with Crippen molar-refractivity contribution in [3.05, 3.63) is 53.2 Å². The van der Waals surface area contributed by atoms with Crippen molar-refractivity contribution in [2.75, 3.05) is 18.0 Å². The third-order valence-electron chi connectivity index (χ3n) is 6.15. The number of anilines is 1. The standard InChI is InChI=1S/C22H28N4O/c1-16(2)26-15-19-7-5-4-6-18(19)14-22(21(26)27)10-12-25(13-11-22)20-9-8-17(3)23-24-20/h4-9,16H,10-15H2,1-3H3. The minimum Gasteiger partial charge on any atom is -0.355 e. The van der Waals surface area contributed by atoms with Crippen LogP contribution in [-0.4, -0.2) is 40.1 Å². The number of amides is 1. The summed E-state index contributed by atoms with van der Waals surface area (Å²) in [4.78, 5) is 17.9. The smallest absolute Gasteiger partial charge is 0.229 e. The quantitative estimate of drug-likeness (QED) is 0.820. The van der Waals surface area contributed by atoms with Crippen LogP contribution in [0.25, 0.3) is 0 Å². The molecule has 1 amide bonds. The molecule has 2 aliphatic heterocycles. The molecule has 1 fully saturated rings. The van der Waals surface area contributed by atoms with E-state index in [0.717, 1.165) is 50.4 Å². The molecule has 0 bridgehead atoms. The Morgan fingerprint density at radius 1 is 1.00 bits per heavy atom. The van der Waals surface area contributed by atoms with Gasteiger partial charge >= 0.3 is 0 Å². The molecule has 0 radical (unpaired) electrons. The van der Waals surface area contributed by atoms with Gasteiger partial charge in [-0.2, -0.15) is 5.10 Å². The Balaban J connectivity index is 1.61. The Labute approximate surface area is 161 Å². The van der Waals surface area contributed by atoms with E-state index in [4.69, 9.17) is 0 Å². The Morgan fingerprint density at radius 2 is 1.70 bits per heavy atom. The zero-order valence-electron chi connectivity index (χ0n) is 16.5. The molecule has 5 nitrogen and oxygen atoms in total. The van der Waals surface area contributed by atoms with Crippen molar-refractivity contribution in [2.45, 2.75) is 52.6 Å². The van der Waals surface area contributed by atoms with Gasteiger partial charge in [-0.25, -0.2) is 0 Å². The molecule has 3 heterocycles. The van der Waals surface area contributed by atoms with Crippen molar-refractivity contribution in [2.24, 2.45) is 5.41 Å². The molecule has 4 rings (SSSR count). The molecular weight excluding hydrogens is 336 g/mol. The molecule has 1 aromatic heterocycles. The maximum Gasteiger partial charge on any atom is 0.229 e. The van der Waals surface area contributed by atoms with E-state index in [1.807, 2.05) is 19.1 Å². The van der Waals surface area contributed by atoms with Gasteiger partial charge in [0.25, 0.3) is 0 Å². The molecule has 1 saturated heterocycles. The normalized spacial score (nSPS) is 19.3. The molecule has 0 unspecified atom stereocenters. The summed E-state index contributed by atoms with van der Waals surface area (Å²) < 4.78 is 0. The molecule has 0 aliphatic carbocycles. The molecule has 5 heteroatoms. The number of benzene rings is 1. The maximum absolute atomic E-state index is 13.6. The van der Waals surface area contributed by atoms with Crippen LogP contribution in [0, 0.1) is 12.3 Å². The molecule has 0 N–H and O–H groups in total. The summed E-state index contributed by atoms with van der Waals surface area (Å²) in [5, 5.41) is 8.52. The number of nitrogens with zero attached hydrogens (tertiary/aromatic N) is 4. The second kappa shape index (κ2) is 6.95. The molecule has 2 aliphatic rings. The van der Waals surface area contributed by atoms with Crippen LogP contribution in [0.4, 0.5) is 5.82 Å². The van der Waals surface area contributed by atoms with Crippen molar-refractivity contribution in [3.8, 4) is 0 Å². The molecule has 27 heavy (non-hydrogen) atoms. The van der Waals surface area contributed by atoms with Gasteiger partial charge in [0.2, 0.25) is 5.91 Å². The highest BCUT2D eigenvalue weighted by atomic mass is 16.2. The Hall–Kier alpha value is -2.43. The van der Waals surface area contributed by atoms with Gasteiger partial charge in [-0.1, -0.05) is 24.3 Å². The number of hydrogen-bond donors (Lipinski definition) is 0. The Bertz CT molecular complexity index is 822. The SMILES string of the molecule is Cc1ccc(N2CCC3(CC2)Cc2ccccc2CN(C(C)C)C3=O)nn1. The third-order valence-corrected chi connectivity index (χ3v) is 6.15. The molecule has 0 atom stereocenters. The summed E-state index contributed by atoms with van der Waals surface area (Å²) in [5.74, 6) is 1.24. The molecule has 142 valence electrons. The lowest BCUT2D eigenvalue weighted by molar-refractivity contribution is -0.145. The van der Waals surface area contributed by atoms with Crippen LogP contribution in [0.1, 0.15) is 43.5 Å². The van der Waals surface area contributed by atoms with E-state index in [-0.39, 0.29) is 11.5 Å². The van der Waals surface area contributed by atoms with Crippen LogP contribution in [0.3, 0.4) is 0 Å². The molecule has 0 saturated carbocycles. The van der Waals surface area contributed by atoms with Gasteiger partial charge in [0, 0.05) is 25.7 Å². The zero-order chi connectivity index (χ0) is 19.0. The van der Waals surface area contributed by atoms with E-state index in [1.54, 1.807) is 0 Å². The number of carbonyl (C=O) groups is 1. The summed E-state index contributed by atoms with van der Waals surface area (Å²) in [7, 11) is 0. The van der Waals surface area contributed by atoms with Crippen molar-refractivity contribution in [1.29, 1.82) is 0 Å². The molecule has 2 aromatic rings. The van der Waals surface area contributed by atoms with E-state index in [0.29, 0.717) is 5.91 Å². The third kappa shape index (κ3) is 3.31. The average Bonchev–Trinajstić information content (AvgIpc) is 2.79. The predicted molar refractivity (Wildman–Crippen MR) is 106 cm³/mol. The fraction of sp³-hybridized carbons (Fsp3) is 0.500. The van der Waals surface area contributed by atoms with Crippen LogP contribution in [0.15, 0.2) is 36.4 Å². The predicted octanol–water partition coefficient (Wildman–Crippen LogP) is 3.36. The summed E-state index contributed by atoms with van der Waals surface area (Å²) in [5.41, 5.74) is 3.25. The first-order valence-corrected chi connectivity index (χ1v) is 9.92. The fourth-order valence-electron chi connectivity index (χ4n) is 4.42. The minimum atomic E-state index is -0.300. The highest BCUT2D eigenvalue weighted by Crippen LogP contribution is 2.41. The second-order valence-corrected chi connectivity index (χ2v) is 8.27. The largest absolute Gasteiger partial charge is 0.355 e. The van der Waals surface area contributed by atoms with Gasteiger partial charge in [-0.05, 0) is 63.3 Å². The summed E-state index contributed by atoms with van der Waals surface area (Å²) >= 11 is 0. The summed E-state index contributed by atoms with van der Waals surface area (Å²) in [6, 6.07) is 12.8. The van der Waals surface area contributed by atoms with Gasteiger partial charge in [0.15, 0.2) is 5.82 Å². The first kappa shape index (κ1) is 18.0.